The largest absolute Gasteiger partial charge is 0.468 e. The van der Waals surface area contributed by atoms with Crippen LogP contribution in [0.1, 0.15) is 10.4 Å². The van der Waals surface area contributed by atoms with E-state index in [9.17, 15) is 14.0 Å². The molecule has 0 unspecified atom stereocenters. The summed E-state index contributed by atoms with van der Waals surface area (Å²) in [6, 6.07) is 3.94. The van der Waals surface area contributed by atoms with Crippen LogP contribution in [-0.2, 0) is 9.53 Å². The van der Waals surface area contributed by atoms with Gasteiger partial charge in [0.2, 0.25) is 0 Å². The number of esters is 1. The number of carbonyl (C=O) groups is 2. The second kappa shape index (κ2) is 5.29. The van der Waals surface area contributed by atoms with E-state index in [1.54, 1.807) is 0 Å². The second-order valence-corrected chi connectivity index (χ2v) is 3.44. The Labute approximate surface area is 98.0 Å². The molecule has 0 bridgehead atoms. The number of nitrogens with zero attached hydrogens (tertiary/aromatic N) is 1. The van der Waals surface area contributed by atoms with E-state index in [1.807, 2.05) is 0 Å². The fourth-order valence-electron chi connectivity index (χ4n) is 1.26. The minimum Gasteiger partial charge on any atom is -0.468 e. The molecule has 1 aromatic carbocycles. The number of para-hydroxylation sites is 1. The summed E-state index contributed by atoms with van der Waals surface area (Å²) in [6.07, 6.45) is 0. The molecule has 92 valence electrons. The van der Waals surface area contributed by atoms with Gasteiger partial charge < -0.3 is 15.4 Å². The number of hydrogen-bond acceptors (Lipinski definition) is 4. The molecular weight excluding hydrogens is 227 g/mol. The third kappa shape index (κ3) is 2.93. The molecule has 0 atom stereocenters. The Morgan fingerprint density at radius 3 is 2.71 bits per heavy atom. The van der Waals surface area contributed by atoms with Gasteiger partial charge in [-0.1, -0.05) is 6.07 Å². The molecule has 0 heterocycles. The van der Waals surface area contributed by atoms with Gasteiger partial charge in [0.05, 0.1) is 18.4 Å². The number of hydrogen-bond donors (Lipinski definition) is 1. The molecule has 1 aromatic rings. The summed E-state index contributed by atoms with van der Waals surface area (Å²) in [5, 5.41) is 0. The van der Waals surface area contributed by atoms with Gasteiger partial charge in [0.15, 0.2) is 0 Å². The Hall–Kier alpha value is -2.11. The van der Waals surface area contributed by atoms with Gasteiger partial charge in [0, 0.05) is 7.05 Å². The highest BCUT2D eigenvalue weighted by Gasteiger charge is 2.18. The Kier molecular flexibility index (Phi) is 4.03. The van der Waals surface area contributed by atoms with Crippen molar-refractivity contribution in [1.82, 2.24) is 4.90 Å². The van der Waals surface area contributed by atoms with E-state index in [4.69, 9.17) is 5.73 Å². The number of ether oxygens (including phenoxy) is 1. The van der Waals surface area contributed by atoms with Crippen LogP contribution >= 0.6 is 0 Å². The maximum Gasteiger partial charge on any atom is 0.325 e. The third-order valence-corrected chi connectivity index (χ3v) is 2.22. The van der Waals surface area contributed by atoms with E-state index in [-0.39, 0.29) is 17.8 Å². The number of anilines is 1. The summed E-state index contributed by atoms with van der Waals surface area (Å²) in [5.41, 5.74) is 5.24. The summed E-state index contributed by atoms with van der Waals surface area (Å²) in [5.74, 6) is -1.76. The van der Waals surface area contributed by atoms with E-state index >= 15 is 0 Å². The van der Waals surface area contributed by atoms with Gasteiger partial charge in [0.1, 0.15) is 12.4 Å². The lowest BCUT2D eigenvalue weighted by atomic mass is 10.1. The van der Waals surface area contributed by atoms with Gasteiger partial charge >= 0.3 is 5.97 Å². The number of carbonyl (C=O) groups excluding carboxylic acids is 2. The van der Waals surface area contributed by atoms with Gasteiger partial charge in [-0.05, 0) is 12.1 Å². The molecule has 17 heavy (non-hydrogen) atoms. The quantitative estimate of drug-likeness (QED) is 0.622. The Bertz CT molecular complexity index is 448. The standard InChI is InChI=1S/C11H13FN2O3/c1-14(6-9(15)17-2)11(16)7-4-3-5-8(12)10(7)13/h3-5H,6,13H2,1-2H3. The third-order valence-electron chi connectivity index (χ3n) is 2.22. The topological polar surface area (TPSA) is 72.6 Å². The molecular formula is C11H13FN2O3. The number of methoxy groups -OCH3 is 1. The van der Waals surface area contributed by atoms with Crippen LogP contribution in [0.15, 0.2) is 18.2 Å². The second-order valence-electron chi connectivity index (χ2n) is 3.44. The SMILES string of the molecule is COC(=O)CN(C)C(=O)c1cccc(F)c1N. The number of rotatable bonds is 3. The first-order chi connectivity index (χ1) is 7.97. The van der Waals surface area contributed by atoms with Crippen molar-refractivity contribution in [3.63, 3.8) is 0 Å². The summed E-state index contributed by atoms with van der Waals surface area (Å²) in [6.45, 7) is -0.217. The lowest BCUT2D eigenvalue weighted by molar-refractivity contribution is -0.141. The normalized spacial score (nSPS) is 9.82. The van der Waals surface area contributed by atoms with Crippen LogP contribution in [0.2, 0.25) is 0 Å². The monoisotopic (exact) mass is 240 g/mol. The number of nitrogens with two attached hydrogens (primary N) is 1. The summed E-state index contributed by atoms with van der Waals surface area (Å²) in [7, 11) is 2.63. The van der Waals surface area contributed by atoms with E-state index in [1.165, 1.54) is 26.3 Å². The van der Waals surface area contributed by atoms with Crippen molar-refractivity contribution < 1.29 is 18.7 Å². The molecule has 1 rings (SSSR count). The molecule has 2 N–H and O–H groups in total. The fraction of sp³-hybridized carbons (Fsp3) is 0.273. The first-order valence-corrected chi connectivity index (χ1v) is 4.83. The fourth-order valence-corrected chi connectivity index (χ4v) is 1.26. The summed E-state index contributed by atoms with van der Waals surface area (Å²) < 4.78 is 17.6. The van der Waals surface area contributed by atoms with Crippen LogP contribution in [0.5, 0.6) is 0 Å². The zero-order valence-electron chi connectivity index (χ0n) is 9.57. The van der Waals surface area contributed by atoms with Gasteiger partial charge in [0.25, 0.3) is 5.91 Å². The van der Waals surface area contributed by atoms with Gasteiger partial charge in [-0.2, -0.15) is 0 Å². The van der Waals surface area contributed by atoms with E-state index < -0.39 is 17.7 Å². The van der Waals surface area contributed by atoms with Crippen molar-refractivity contribution in [1.29, 1.82) is 0 Å². The highest BCUT2D eigenvalue weighted by molar-refractivity contribution is 6.00. The molecule has 0 radical (unpaired) electrons. The van der Waals surface area contributed by atoms with Crippen molar-refractivity contribution in [2.45, 2.75) is 0 Å². The Morgan fingerprint density at radius 2 is 2.12 bits per heavy atom. The predicted molar refractivity (Wildman–Crippen MR) is 59.8 cm³/mol. The van der Waals surface area contributed by atoms with E-state index in [0.29, 0.717) is 0 Å². The number of nitrogen functional groups attached to an aromatic ring is 1. The van der Waals surface area contributed by atoms with Gasteiger partial charge in [-0.3, -0.25) is 9.59 Å². The maximum absolute atomic E-state index is 13.1. The zero-order valence-corrected chi connectivity index (χ0v) is 9.57. The highest BCUT2D eigenvalue weighted by Crippen LogP contribution is 2.17. The molecule has 0 saturated carbocycles. The van der Waals surface area contributed by atoms with Crippen LogP contribution in [0.3, 0.4) is 0 Å². The minimum absolute atomic E-state index is 0.0244. The number of likely N-dealkylation sites (N-methyl/N-ethyl adjacent to an activating group) is 1. The van der Waals surface area contributed by atoms with Crippen molar-refractivity contribution in [3.8, 4) is 0 Å². The van der Waals surface area contributed by atoms with Crippen molar-refractivity contribution in [3.05, 3.63) is 29.6 Å². The molecule has 0 aliphatic heterocycles. The number of benzene rings is 1. The molecule has 0 aliphatic rings. The van der Waals surface area contributed by atoms with E-state index in [0.717, 1.165) is 11.0 Å². The smallest absolute Gasteiger partial charge is 0.325 e. The molecule has 6 heteroatoms. The molecule has 0 aromatic heterocycles. The van der Waals surface area contributed by atoms with Crippen LogP contribution in [0, 0.1) is 5.82 Å². The van der Waals surface area contributed by atoms with Crippen LogP contribution in [0.25, 0.3) is 0 Å². The lowest BCUT2D eigenvalue weighted by Gasteiger charge is -2.16. The molecule has 5 nitrogen and oxygen atoms in total. The average molecular weight is 240 g/mol. The number of amides is 1. The Morgan fingerprint density at radius 1 is 1.47 bits per heavy atom. The lowest BCUT2D eigenvalue weighted by Crippen LogP contribution is -2.33. The van der Waals surface area contributed by atoms with Crippen LogP contribution < -0.4 is 5.73 Å². The first-order valence-electron chi connectivity index (χ1n) is 4.83. The molecule has 0 aliphatic carbocycles. The van der Waals surface area contributed by atoms with Crippen molar-refractivity contribution >= 4 is 17.6 Å². The Balaban J connectivity index is 2.89. The summed E-state index contributed by atoms with van der Waals surface area (Å²) in [4.78, 5) is 23.9. The molecule has 0 spiro atoms. The minimum atomic E-state index is -0.665. The first kappa shape index (κ1) is 13.0. The summed E-state index contributed by atoms with van der Waals surface area (Å²) >= 11 is 0. The van der Waals surface area contributed by atoms with Crippen LogP contribution in [-0.4, -0.2) is 37.5 Å². The molecule has 0 saturated heterocycles. The predicted octanol–water partition coefficient (Wildman–Crippen LogP) is 0.653. The van der Waals surface area contributed by atoms with Crippen LogP contribution in [0.4, 0.5) is 10.1 Å². The molecule has 0 fully saturated rings. The van der Waals surface area contributed by atoms with Crippen molar-refractivity contribution in [2.24, 2.45) is 0 Å². The van der Waals surface area contributed by atoms with Gasteiger partial charge in [-0.25, -0.2) is 4.39 Å². The van der Waals surface area contributed by atoms with Gasteiger partial charge in [-0.15, -0.1) is 0 Å². The zero-order chi connectivity index (χ0) is 13.0. The number of halogens is 1. The van der Waals surface area contributed by atoms with Crippen molar-refractivity contribution in [2.75, 3.05) is 26.4 Å². The van der Waals surface area contributed by atoms with E-state index in [2.05, 4.69) is 4.74 Å². The maximum atomic E-state index is 13.1. The highest BCUT2D eigenvalue weighted by atomic mass is 19.1. The average Bonchev–Trinajstić information content (AvgIpc) is 2.31. The molecule has 1 amide bonds.